The van der Waals surface area contributed by atoms with Gasteiger partial charge in [-0.3, -0.25) is 9.78 Å². The van der Waals surface area contributed by atoms with Crippen molar-refractivity contribution in [2.75, 3.05) is 44.3 Å². The Balaban J connectivity index is 1.28. The van der Waals surface area contributed by atoms with E-state index in [2.05, 4.69) is 14.5 Å². The van der Waals surface area contributed by atoms with Crippen molar-refractivity contribution in [1.29, 1.82) is 0 Å². The van der Waals surface area contributed by atoms with Gasteiger partial charge < -0.3 is 23.8 Å². The number of rotatable bonds is 5. The Morgan fingerprint density at radius 1 is 1.19 bits per heavy atom. The molecule has 1 atom stereocenters. The minimum Gasteiger partial charge on any atom is -0.378 e. The number of fused-ring (bicyclic) bond motifs is 1. The second kappa shape index (κ2) is 9.26. The number of amides is 1. The number of hydrogen-bond acceptors (Lipinski definition) is 6. The van der Waals surface area contributed by atoms with Crippen molar-refractivity contribution in [3.63, 3.8) is 0 Å². The minimum atomic E-state index is 0.0289. The van der Waals surface area contributed by atoms with E-state index >= 15 is 0 Å². The summed E-state index contributed by atoms with van der Waals surface area (Å²) in [6.07, 6.45) is 3.69. The van der Waals surface area contributed by atoms with Gasteiger partial charge in [0.05, 0.1) is 42.7 Å². The van der Waals surface area contributed by atoms with Crippen LogP contribution in [-0.2, 0) is 23.1 Å². The van der Waals surface area contributed by atoms with Gasteiger partial charge in [-0.05, 0) is 43.2 Å². The molecule has 0 bridgehead atoms. The van der Waals surface area contributed by atoms with E-state index in [-0.39, 0.29) is 12.0 Å². The summed E-state index contributed by atoms with van der Waals surface area (Å²) >= 11 is 0. The Morgan fingerprint density at radius 2 is 2.06 bits per heavy atom. The van der Waals surface area contributed by atoms with Crippen LogP contribution in [0.3, 0.4) is 0 Å². The molecule has 2 saturated heterocycles. The summed E-state index contributed by atoms with van der Waals surface area (Å²) in [6, 6.07) is 11.6. The van der Waals surface area contributed by atoms with Gasteiger partial charge in [0.25, 0.3) is 5.91 Å². The predicted molar refractivity (Wildman–Crippen MR) is 122 cm³/mol. The summed E-state index contributed by atoms with van der Waals surface area (Å²) in [5, 5.41) is 0. The lowest BCUT2D eigenvalue weighted by Gasteiger charge is -2.32. The molecule has 0 aliphatic carbocycles. The third-order valence-corrected chi connectivity index (χ3v) is 6.26. The maximum Gasteiger partial charge on any atom is 0.254 e. The number of benzene rings is 1. The van der Waals surface area contributed by atoms with Gasteiger partial charge in [-0.2, -0.15) is 0 Å². The van der Waals surface area contributed by atoms with Crippen LogP contribution in [0.1, 0.15) is 28.9 Å². The van der Waals surface area contributed by atoms with Crippen LogP contribution >= 0.6 is 0 Å². The third kappa shape index (κ3) is 4.33. The fourth-order valence-electron chi connectivity index (χ4n) is 4.49. The smallest absolute Gasteiger partial charge is 0.254 e. The molecule has 1 aromatic carbocycles. The summed E-state index contributed by atoms with van der Waals surface area (Å²) in [5.74, 6) is 0.963. The monoisotopic (exact) mass is 435 g/mol. The normalized spacial score (nSPS) is 19.5. The van der Waals surface area contributed by atoms with E-state index in [1.54, 1.807) is 6.20 Å². The van der Waals surface area contributed by atoms with E-state index in [4.69, 9.17) is 14.5 Å². The molecule has 2 aromatic heterocycles. The first kappa shape index (κ1) is 20.9. The fraction of sp³-hybridized carbons (Fsp3) is 0.458. The lowest BCUT2D eigenvalue weighted by Crippen LogP contribution is -2.43. The number of imidazole rings is 1. The van der Waals surface area contributed by atoms with Gasteiger partial charge in [0, 0.05) is 45.0 Å². The zero-order valence-corrected chi connectivity index (χ0v) is 18.4. The first-order valence-corrected chi connectivity index (χ1v) is 11.3. The molecule has 8 heteroatoms. The highest BCUT2D eigenvalue weighted by atomic mass is 16.5. The molecule has 2 fully saturated rings. The molecular weight excluding hydrogens is 406 g/mol. The molecule has 0 radical (unpaired) electrons. The molecule has 5 rings (SSSR count). The molecule has 0 spiro atoms. The summed E-state index contributed by atoms with van der Waals surface area (Å²) in [6.45, 7) is 4.91. The second-order valence-corrected chi connectivity index (χ2v) is 8.42. The van der Waals surface area contributed by atoms with E-state index in [1.807, 2.05) is 48.3 Å². The number of pyridine rings is 1. The number of carbonyl (C=O) groups is 1. The van der Waals surface area contributed by atoms with Crippen molar-refractivity contribution in [1.82, 2.24) is 19.4 Å². The van der Waals surface area contributed by atoms with E-state index < -0.39 is 0 Å². The van der Waals surface area contributed by atoms with Crippen LogP contribution in [0.4, 0.5) is 5.95 Å². The summed E-state index contributed by atoms with van der Waals surface area (Å²) in [5.41, 5.74) is 3.46. The van der Waals surface area contributed by atoms with Gasteiger partial charge in [0.1, 0.15) is 0 Å². The molecule has 2 aliphatic heterocycles. The maximum atomic E-state index is 13.3. The van der Waals surface area contributed by atoms with Crippen molar-refractivity contribution in [2.24, 2.45) is 7.05 Å². The molecule has 3 aromatic rings. The van der Waals surface area contributed by atoms with Crippen LogP contribution in [0.2, 0.25) is 0 Å². The number of nitrogens with zero attached hydrogens (tertiary/aromatic N) is 5. The fourth-order valence-corrected chi connectivity index (χ4v) is 4.49. The van der Waals surface area contributed by atoms with Crippen molar-refractivity contribution in [2.45, 2.75) is 25.6 Å². The largest absolute Gasteiger partial charge is 0.378 e. The SMILES string of the molecule is Cn1c(N2CCOCC2)nc2cc(C(=O)N3CCCC(OCc4ccccn4)C3)ccc21. The Kier molecular flexibility index (Phi) is 6.05. The van der Waals surface area contributed by atoms with Crippen LogP contribution in [0.25, 0.3) is 11.0 Å². The maximum absolute atomic E-state index is 13.3. The number of ether oxygens (including phenoxy) is 2. The number of likely N-dealkylation sites (tertiary alicyclic amines) is 1. The average Bonchev–Trinajstić information content (AvgIpc) is 3.19. The number of aromatic nitrogens is 3. The van der Waals surface area contributed by atoms with E-state index in [0.717, 1.165) is 55.2 Å². The molecule has 0 N–H and O–H groups in total. The number of anilines is 1. The Hall–Kier alpha value is -2.97. The zero-order valence-electron chi connectivity index (χ0n) is 18.4. The van der Waals surface area contributed by atoms with Crippen molar-refractivity contribution >= 4 is 22.9 Å². The van der Waals surface area contributed by atoms with Crippen molar-refractivity contribution < 1.29 is 14.3 Å². The van der Waals surface area contributed by atoms with Gasteiger partial charge in [0.2, 0.25) is 5.95 Å². The first-order chi connectivity index (χ1) is 15.7. The molecule has 8 nitrogen and oxygen atoms in total. The number of aryl methyl sites for hydroxylation is 1. The summed E-state index contributed by atoms with van der Waals surface area (Å²) in [4.78, 5) is 26.5. The molecule has 0 saturated carbocycles. The van der Waals surface area contributed by atoms with Gasteiger partial charge in [0.15, 0.2) is 0 Å². The third-order valence-electron chi connectivity index (χ3n) is 6.26. The van der Waals surface area contributed by atoms with Crippen LogP contribution < -0.4 is 4.90 Å². The van der Waals surface area contributed by atoms with E-state index in [0.29, 0.717) is 31.9 Å². The molecule has 2 aliphatic rings. The zero-order chi connectivity index (χ0) is 21.9. The van der Waals surface area contributed by atoms with Gasteiger partial charge >= 0.3 is 0 Å². The predicted octanol–water partition coefficient (Wildman–Crippen LogP) is 2.63. The molecule has 32 heavy (non-hydrogen) atoms. The highest BCUT2D eigenvalue weighted by Gasteiger charge is 2.26. The van der Waals surface area contributed by atoms with Gasteiger partial charge in [-0.15, -0.1) is 0 Å². The molecule has 1 amide bonds. The molecular formula is C24H29N5O3. The van der Waals surface area contributed by atoms with E-state index in [9.17, 15) is 4.79 Å². The van der Waals surface area contributed by atoms with Crippen molar-refractivity contribution in [3.8, 4) is 0 Å². The highest BCUT2D eigenvalue weighted by Crippen LogP contribution is 2.24. The molecule has 168 valence electrons. The Bertz CT molecular complexity index is 1080. The van der Waals surface area contributed by atoms with Crippen LogP contribution in [-0.4, -0.2) is 70.8 Å². The molecule has 4 heterocycles. The van der Waals surface area contributed by atoms with E-state index in [1.165, 1.54) is 0 Å². The number of carbonyl (C=O) groups excluding carboxylic acids is 1. The Labute approximate surface area is 187 Å². The average molecular weight is 436 g/mol. The Morgan fingerprint density at radius 3 is 2.88 bits per heavy atom. The number of hydrogen-bond donors (Lipinski definition) is 0. The number of piperidine rings is 1. The quantitative estimate of drug-likeness (QED) is 0.614. The lowest BCUT2D eigenvalue weighted by atomic mass is 10.1. The summed E-state index contributed by atoms with van der Waals surface area (Å²) < 4.78 is 13.6. The van der Waals surface area contributed by atoms with Crippen LogP contribution in [0.15, 0.2) is 42.6 Å². The summed E-state index contributed by atoms with van der Waals surface area (Å²) in [7, 11) is 2.02. The lowest BCUT2D eigenvalue weighted by molar-refractivity contribution is -0.00784. The van der Waals surface area contributed by atoms with Crippen molar-refractivity contribution in [3.05, 3.63) is 53.9 Å². The second-order valence-electron chi connectivity index (χ2n) is 8.42. The standard InChI is InChI=1S/C24H29N5O3/c1-27-22-8-7-18(15-21(22)26-24(27)28-11-13-31-14-12-28)23(30)29-10-4-6-20(16-29)32-17-19-5-2-3-9-25-19/h2-3,5,7-9,15,20H,4,6,10-14,16-17H2,1H3. The van der Waals surface area contributed by atoms with Crippen LogP contribution in [0, 0.1) is 0 Å². The number of morpholine rings is 1. The minimum absolute atomic E-state index is 0.0289. The van der Waals surface area contributed by atoms with Gasteiger partial charge in [-0.25, -0.2) is 4.98 Å². The topological polar surface area (TPSA) is 72.7 Å². The van der Waals surface area contributed by atoms with Crippen LogP contribution in [0.5, 0.6) is 0 Å². The molecule has 1 unspecified atom stereocenters. The first-order valence-electron chi connectivity index (χ1n) is 11.3. The van der Waals surface area contributed by atoms with Gasteiger partial charge in [-0.1, -0.05) is 6.07 Å². The highest BCUT2D eigenvalue weighted by molar-refractivity contribution is 5.97.